The van der Waals surface area contributed by atoms with Crippen molar-refractivity contribution in [2.45, 2.75) is 32.7 Å². The molecule has 2 aromatic rings. The van der Waals surface area contributed by atoms with Gasteiger partial charge < -0.3 is 11.1 Å². The van der Waals surface area contributed by atoms with E-state index in [9.17, 15) is 9.59 Å². The standard InChI is InChI=1S/C16H22N6O2/c1-11(2)14(16(24)18-10-6-9-13(17)23)22-20-15(19-21-22)12-7-4-3-5-8-12/h3-5,7-8,11,14H,6,9-10H2,1-2H3,(H2,17,23)(H,18,24)/t14-/m0/s1. The topological polar surface area (TPSA) is 116 Å². The summed E-state index contributed by atoms with van der Waals surface area (Å²) < 4.78 is 0. The summed E-state index contributed by atoms with van der Waals surface area (Å²) in [7, 11) is 0. The van der Waals surface area contributed by atoms with Gasteiger partial charge in [0.2, 0.25) is 17.6 Å². The van der Waals surface area contributed by atoms with E-state index in [1.165, 1.54) is 4.80 Å². The van der Waals surface area contributed by atoms with E-state index < -0.39 is 6.04 Å². The summed E-state index contributed by atoms with van der Waals surface area (Å²) in [5.41, 5.74) is 5.92. The molecule has 3 N–H and O–H groups in total. The fourth-order valence-electron chi connectivity index (χ4n) is 2.30. The summed E-state index contributed by atoms with van der Waals surface area (Å²) in [6.45, 7) is 4.21. The van der Waals surface area contributed by atoms with Crippen LogP contribution in [0.5, 0.6) is 0 Å². The highest BCUT2D eigenvalue weighted by Gasteiger charge is 2.26. The monoisotopic (exact) mass is 330 g/mol. The predicted octanol–water partition coefficient (Wildman–Crippen LogP) is 0.919. The van der Waals surface area contributed by atoms with E-state index in [4.69, 9.17) is 5.73 Å². The first-order valence-electron chi connectivity index (χ1n) is 7.90. The fraction of sp³-hybridized carbons (Fsp3) is 0.438. The Morgan fingerprint density at radius 2 is 1.96 bits per heavy atom. The Labute approximate surface area is 140 Å². The van der Waals surface area contributed by atoms with Gasteiger partial charge in [0, 0.05) is 18.5 Å². The second kappa shape index (κ2) is 8.19. The van der Waals surface area contributed by atoms with Gasteiger partial charge in [-0.05, 0) is 17.6 Å². The van der Waals surface area contributed by atoms with Crippen LogP contribution in [-0.4, -0.2) is 38.6 Å². The molecule has 2 rings (SSSR count). The number of nitrogens with zero attached hydrogens (tertiary/aromatic N) is 4. The van der Waals surface area contributed by atoms with Crippen molar-refractivity contribution in [3.05, 3.63) is 30.3 Å². The summed E-state index contributed by atoms with van der Waals surface area (Å²) in [6, 6.07) is 8.89. The molecule has 0 saturated heterocycles. The van der Waals surface area contributed by atoms with Crippen molar-refractivity contribution in [3.8, 4) is 11.4 Å². The van der Waals surface area contributed by atoms with E-state index in [0.29, 0.717) is 18.8 Å². The molecule has 1 aromatic heterocycles. The van der Waals surface area contributed by atoms with E-state index in [1.807, 2.05) is 44.2 Å². The molecule has 0 aliphatic heterocycles. The number of carbonyl (C=O) groups is 2. The lowest BCUT2D eigenvalue weighted by Gasteiger charge is -2.18. The Bertz CT molecular complexity index is 683. The number of nitrogens with two attached hydrogens (primary N) is 1. The SMILES string of the molecule is CC(C)[C@@H](C(=O)NCCCC(N)=O)n1nnc(-c2ccccc2)n1. The summed E-state index contributed by atoms with van der Waals surface area (Å²) in [5.74, 6) is -0.122. The lowest BCUT2D eigenvalue weighted by atomic mass is 10.0. The Hall–Kier alpha value is -2.77. The molecular weight excluding hydrogens is 308 g/mol. The molecule has 0 fully saturated rings. The van der Waals surface area contributed by atoms with Crippen molar-refractivity contribution in [1.29, 1.82) is 0 Å². The van der Waals surface area contributed by atoms with E-state index in [2.05, 4.69) is 20.7 Å². The van der Waals surface area contributed by atoms with Crippen molar-refractivity contribution in [2.24, 2.45) is 11.7 Å². The maximum absolute atomic E-state index is 12.4. The van der Waals surface area contributed by atoms with E-state index >= 15 is 0 Å². The Kier molecular flexibility index (Phi) is 6.00. The largest absolute Gasteiger partial charge is 0.370 e. The van der Waals surface area contributed by atoms with Gasteiger partial charge in [-0.3, -0.25) is 9.59 Å². The molecule has 0 bridgehead atoms. The average Bonchev–Trinajstić information content (AvgIpc) is 3.01. The highest BCUT2D eigenvalue weighted by Crippen LogP contribution is 2.18. The average molecular weight is 330 g/mol. The molecule has 24 heavy (non-hydrogen) atoms. The molecule has 2 amide bonds. The normalized spacial score (nSPS) is 12.1. The Morgan fingerprint density at radius 1 is 1.25 bits per heavy atom. The van der Waals surface area contributed by atoms with Gasteiger partial charge in [0.25, 0.3) is 0 Å². The molecule has 0 aliphatic carbocycles. The zero-order valence-corrected chi connectivity index (χ0v) is 13.8. The molecule has 0 aliphatic rings. The number of nitrogens with one attached hydrogen (secondary N) is 1. The predicted molar refractivity (Wildman–Crippen MR) is 88.6 cm³/mol. The minimum absolute atomic E-state index is 0.0148. The highest BCUT2D eigenvalue weighted by molar-refractivity contribution is 5.80. The maximum atomic E-state index is 12.4. The van der Waals surface area contributed by atoms with Gasteiger partial charge in [0.05, 0.1) is 0 Å². The number of aromatic nitrogens is 4. The maximum Gasteiger partial charge on any atom is 0.247 e. The number of benzene rings is 1. The van der Waals surface area contributed by atoms with Crippen LogP contribution in [0, 0.1) is 5.92 Å². The van der Waals surface area contributed by atoms with Crippen LogP contribution in [-0.2, 0) is 9.59 Å². The van der Waals surface area contributed by atoms with Crippen LogP contribution in [0.4, 0.5) is 0 Å². The van der Waals surface area contributed by atoms with Gasteiger partial charge in [0.15, 0.2) is 6.04 Å². The third-order valence-electron chi connectivity index (χ3n) is 3.51. The van der Waals surface area contributed by atoms with Gasteiger partial charge in [0.1, 0.15) is 0 Å². The van der Waals surface area contributed by atoms with Crippen molar-refractivity contribution >= 4 is 11.8 Å². The fourth-order valence-corrected chi connectivity index (χ4v) is 2.30. The van der Waals surface area contributed by atoms with E-state index in [0.717, 1.165) is 5.56 Å². The quantitative estimate of drug-likeness (QED) is 0.698. The molecular formula is C16H22N6O2. The van der Waals surface area contributed by atoms with Gasteiger partial charge in [-0.1, -0.05) is 44.2 Å². The lowest BCUT2D eigenvalue weighted by molar-refractivity contribution is -0.126. The van der Waals surface area contributed by atoms with E-state index in [-0.39, 0.29) is 24.2 Å². The van der Waals surface area contributed by atoms with E-state index in [1.54, 1.807) is 0 Å². The molecule has 0 radical (unpaired) electrons. The number of rotatable bonds is 8. The van der Waals surface area contributed by atoms with Crippen molar-refractivity contribution in [1.82, 2.24) is 25.5 Å². The smallest absolute Gasteiger partial charge is 0.247 e. The van der Waals surface area contributed by atoms with Gasteiger partial charge in [-0.25, -0.2) is 0 Å². The zero-order chi connectivity index (χ0) is 17.5. The Balaban J connectivity index is 2.06. The molecule has 1 aromatic carbocycles. The first-order chi connectivity index (χ1) is 11.5. The number of amides is 2. The van der Waals surface area contributed by atoms with Crippen LogP contribution >= 0.6 is 0 Å². The van der Waals surface area contributed by atoms with Crippen molar-refractivity contribution < 1.29 is 9.59 Å². The number of primary amides is 1. The zero-order valence-electron chi connectivity index (χ0n) is 13.8. The molecule has 128 valence electrons. The summed E-state index contributed by atoms with van der Waals surface area (Å²) in [6.07, 6.45) is 0.748. The third-order valence-corrected chi connectivity index (χ3v) is 3.51. The Morgan fingerprint density at radius 3 is 2.58 bits per heavy atom. The molecule has 1 atom stereocenters. The molecule has 8 heteroatoms. The minimum atomic E-state index is -0.566. The van der Waals surface area contributed by atoms with Gasteiger partial charge >= 0.3 is 0 Å². The van der Waals surface area contributed by atoms with Gasteiger partial charge in [-0.15, -0.1) is 10.2 Å². The molecule has 8 nitrogen and oxygen atoms in total. The third kappa shape index (κ3) is 4.61. The van der Waals surface area contributed by atoms with Crippen molar-refractivity contribution in [3.63, 3.8) is 0 Å². The minimum Gasteiger partial charge on any atom is -0.370 e. The number of tetrazole rings is 1. The summed E-state index contributed by atoms with van der Waals surface area (Å²) >= 11 is 0. The molecule has 1 heterocycles. The van der Waals surface area contributed by atoms with Crippen LogP contribution in [0.15, 0.2) is 30.3 Å². The molecule has 0 spiro atoms. The number of carbonyl (C=O) groups excluding carboxylic acids is 2. The van der Waals surface area contributed by atoms with Gasteiger partial charge in [-0.2, -0.15) is 4.80 Å². The van der Waals surface area contributed by atoms with Crippen molar-refractivity contribution in [2.75, 3.05) is 6.54 Å². The highest BCUT2D eigenvalue weighted by atomic mass is 16.2. The molecule has 0 saturated carbocycles. The summed E-state index contributed by atoms with van der Waals surface area (Å²) in [5, 5.41) is 15.2. The summed E-state index contributed by atoms with van der Waals surface area (Å²) in [4.78, 5) is 24.5. The van der Waals surface area contributed by atoms with Crippen LogP contribution < -0.4 is 11.1 Å². The second-order valence-corrected chi connectivity index (χ2v) is 5.85. The van der Waals surface area contributed by atoms with Crippen LogP contribution in [0.2, 0.25) is 0 Å². The lowest BCUT2D eigenvalue weighted by Crippen LogP contribution is -2.37. The first kappa shape index (κ1) is 17.6. The number of hydrogen-bond acceptors (Lipinski definition) is 5. The van der Waals surface area contributed by atoms with Crippen LogP contribution in [0.3, 0.4) is 0 Å². The van der Waals surface area contributed by atoms with Crippen LogP contribution in [0.1, 0.15) is 32.7 Å². The van der Waals surface area contributed by atoms with Crippen LogP contribution in [0.25, 0.3) is 11.4 Å². The first-order valence-corrected chi connectivity index (χ1v) is 7.90. The second-order valence-electron chi connectivity index (χ2n) is 5.85. The molecule has 0 unspecified atom stereocenters. The number of hydrogen-bond donors (Lipinski definition) is 2.